The molecule has 4 amide bonds. The Bertz CT molecular complexity index is 946. The van der Waals surface area contributed by atoms with Crippen molar-refractivity contribution in [1.29, 1.82) is 0 Å². The Morgan fingerprint density at radius 1 is 0.500 bits per heavy atom. The van der Waals surface area contributed by atoms with E-state index < -0.39 is 0 Å². The van der Waals surface area contributed by atoms with Crippen LogP contribution in [0.5, 0.6) is 0 Å². The van der Waals surface area contributed by atoms with E-state index >= 15 is 0 Å². The average Bonchev–Trinajstić information content (AvgIpc) is 3.21. The smallest absolute Gasteiger partial charge is 0.258 e. The Morgan fingerprint density at radius 3 is 1.18 bits per heavy atom. The SMILES string of the molecule is O=C1C=CC(=O)N1c1ccccc1CCc1ccccc1N1C(=O)C=CC1=O. The lowest BCUT2D eigenvalue weighted by Crippen LogP contribution is -2.31. The van der Waals surface area contributed by atoms with Crippen LogP contribution >= 0.6 is 0 Å². The number of benzene rings is 2. The normalized spacial score (nSPS) is 16.0. The summed E-state index contributed by atoms with van der Waals surface area (Å²) in [7, 11) is 0. The van der Waals surface area contributed by atoms with Gasteiger partial charge < -0.3 is 0 Å². The van der Waals surface area contributed by atoms with E-state index in [9.17, 15) is 19.2 Å². The summed E-state index contributed by atoms with van der Waals surface area (Å²) in [6.07, 6.45) is 6.10. The molecule has 28 heavy (non-hydrogen) atoms. The molecule has 0 aliphatic carbocycles. The van der Waals surface area contributed by atoms with Crippen molar-refractivity contribution in [2.45, 2.75) is 12.8 Å². The van der Waals surface area contributed by atoms with Crippen LogP contribution in [-0.2, 0) is 32.0 Å². The van der Waals surface area contributed by atoms with E-state index in [4.69, 9.17) is 0 Å². The van der Waals surface area contributed by atoms with Gasteiger partial charge in [0.25, 0.3) is 23.6 Å². The summed E-state index contributed by atoms with van der Waals surface area (Å²) in [5.74, 6) is -1.45. The Labute approximate surface area is 161 Å². The first-order valence-corrected chi connectivity index (χ1v) is 8.84. The third kappa shape index (κ3) is 3.05. The van der Waals surface area contributed by atoms with E-state index in [1.165, 1.54) is 24.3 Å². The molecule has 0 aromatic heterocycles. The van der Waals surface area contributed by atoms with Crippen LogP contribution in [-0.4, -0.2) is 23.6 Å². The van der Waals surface area contributed by atoms with E-state index in [-0.39, 0.29) is 23.6 Å². The predicted molar refractivity (Wildman–Crippen MR) is 104 cm³/mol. The number of carbonyl (C=O) groups excluding carboxylic acids is 4. The van der Waals surface area contributed by atoms with Crippen molar-refractivity contribution in [1.82, 2.24) is 0 Å². The summed E-state index contributed by atoms with van der Waals surface area (Å²) in [4.78, 5) is 50.5. The van der Waals surface area contributed by atoms with Gasteiger partial charge >= 0.3 is 0 Å². The molecule has 138 valence electrons. The predicted octanol–water partition coefficient (Wildman–Crippen LogP) is 2.33. The summed E-state index contributed by atoms with van der Waals surface area (Å²) in [5.41, 5.74) is 2.77. The van der Waals surface area contributed by atoms with Crippen LogP contribution in [0.1, 0.15) is 11.1 Å². The quantitative estimate of drug-likeness (QED) is 0.755. The molecule has 2 aromatic rings. The summed E-state index contributed by atoms with van der Waals surface area (Å²) in [5, 5.41) is 0. The Hall–Kier alpha value is -3.80. The number of carbonyl (C=O) groups is 4. The molecule has 0 atom stereocenters. The number of hydrogen-bond donors (Lipinski definition) is 0. The first kappa shape index (κ1) is 17.6. The van der Waals surface area contributed by atoms with Crippen molar-refractivity contribution in [2.75, 3.05) is 9.80 Å². The zero-order chi connectivity index (χ0) is 19.7. The molecule has 2 aromatic carbocycles. The lowest BCUT2D eigenvalue weighted by atomic mass is 10.0. The summed E-state index contributed by atoms with van der Waals surface area (Å²) in [6, 6.07) is 14.5. The van der Waals surface area contributed by atoms with Crippen molar-refractivity contribution in [3.05, 3.63) is 84.0 Å². The molecule has 0 fully saturated rings. The molecule has 2 aliphatic heterocycles. The molecule has 6 nitrogen and oxygen atoms in total. The molecule has 4 rings (SSSR count). The largest absolute Gasteiger partial charge is 0.269 e. The molecule has 0 spiro atoms. The fourth-order valence-electron chi connectivity index (χ4n) is 3.43. The van der Waals surface area contributed by atoms with Gasteiger partial charge in [0.15, 0.2) is 0 Å². The van der Waals surface area contributed by atoms with Gasteiger partial charge in [-0.1, -0.05) is 36.4 Å². The van der Waals surface area contributed by atoms with Crippen molar-refractivity contribution in [2.24, 2.45) is 0 Å². The van der Waals surface area contributed by atoms with E-state index in [0.29, 0.717) is 24.2 Å². The minimum Gasteiger partial charge on any atom is -0.269 e. The number of hydrogen-bond acceptors (Lipinski definition) is 4. The molecule has 6 heteroatoms. The second-order valence-corrected chi connectivity index (χ2v) is 6.45. The molecule has 2 heterocycles. The zero-order valence-electron chi connectivity index (χ0n) is 14.9. The number of rotatable bonds is 5. The first-order valence-electron chi connectivity index (χ1n) is 8.84. The van der Waals surface area contributed by atoms with Crippen molar-refractivity contribution < 1.29 is 19.2 Å². The van der Waals surface area contributed by atoms with Gasteiger partial charge in [0.05, 0.1) is 11.4 Å². The molecule has 0 saturated carbocycles. The first-order chi connectivity index (χ1) is 13.6. The van der Waals surface area contributed by atoms with Gasteiger partial charge in [0.1, 0.15) is 0 Å². The molecular weight excluding hydrogens is 356 g/mol. The molecule has 0 bridgehead atoms. The van der Waals surface area contributed by atoms with E-state index in [2.05, 4.69) is 0 Å². The van der Waals surface area contributed by atoms with E-state index in [1.54, 1.807) is 24.3 Å². The Morgan fingerprint density at radius 2 is 0.821 bits per heavy atom. The van der Waals surface area contributed by atoms with Crippen LogP contribution in [0, 0.1) is 0 Å². The van der Waals surface area contributed by atoms with E-state index in [0.717, 1.165) is 20.9 Å². The average molecular weight is 372 g/mol. The fraction of sp³-hybridized carbons (Fsp3) is 0.0909. The molecule has 2 aliphatic rings. The molecule has 0 saturated heterocycles. The third-order valence-corrected chi connectivity index (χ3v) is 4.75. The number of nitrogens with zero attached hydrogens (tertiary/aromatic N) is 2. The maximum Gasteiger partial charge on any atom is 0.258 e. The van der Waals surface area contributed by atoms with Crippen molar-refractivity contribution in [3.63, 3.8) is 0 Å². The van der Waals surface area contributed by atoms with Gasteiger partial charge in [-0.15, -0.1) is 0 Å². The fourth-order valence-corrected chi connectivity index (χ4v) is 3.43. The highest BCUT2D eigenvalue weighted by molar-refractivity contribution is 6.29. The number of para-hydroxylation sites is 2. The second kappa shape index (κ2) is 7.08. The van der Waals surface area contributed by atoms with Crippen LogP contribution in [0.3, 0.4) is 0 Å². The molecular formula is C22H16N2O4. The number of imide groups is 2. The van der Waals surface area contributed by atoms with Gasteiger partial charge in [-0.3, -0.25) is 19.2 Å². The van der Waals surface area contributed by atoms with Crippen LogP contribution in [0.4, 0.5) is 11.4 Å². The lowest BCUT2D eigenvalue weighted by Gasteiger charge is -2.20. The lowest BCUT2D eigenvalue weighted by molar-refractivity contribution is -0.121. The minimum atomic E-state index is -0.364. The Balaban J connectivity index is 1.61. The minimum absolute atomic E-state index is 0.364. The summed E-state index contributed by atoms with van der Waals surface area (Å²) >= 11 is 0. The topological polar surface area (TPSA) is 74.8 Å². The van der Waals surface area contributed by atoms with E-state index in [1.807, 2.05) is 24.3 Å². The second-order valence-electron chi connectivity index (χ2n) is 6.45. The molecule has 0 unspecified atom stereocenters. The standard InChI is InChI=1S/C22H16N2O4/c25-19-11-12-20(26)23(19)17-7-3-1-5-15(17)9-10-16-6-2-4-8-18(16)24-21(27)13-14-22(24)28/h1-8,11-14H,9-10H2. The highest BCUT2D eigenvalue weighted by Gasteiger charge is 2.28. The van der Waals surface area contributed by atoms with Crippen molar-refractivity contribution in [3.8, 4) is 0 Å². The zero-order valence-corrected chi connectivity index (χ0v) is 14.9. The summed E-state index contributed by atoms with van der Waals surface area (Å²) < 4.78 is 0. The highest BCUT2D eigenvalue weighted by atomic mass is 16.2. The van der Waals surface area contributed by atoms with Gasteiger partial charge in [0, 0.05) is 24.3 Å². The van der Waals surface area contributed by atoms with Gasteiger partial charge in [-0.25, -0.2) is 9.80 Å². The summed E-state index contributed by atoms with van der Waals surface area (Å²) in [6.45, 7) is 0. The van der Waals surface area contributed by atoms with Gasteiger partial charge in [-0.2, -0.15) is 0 Å². The maximum absolute atomic E-state index is 12.0. The van der Waals surface area contributed by atoms with Crippen LogP contribution in [0.25, 0.3) is 0 Å². The van der Waals surface area contributed by atoms with Crippen LogP contribution in [0.2, 0.25) is 0 Å². The number of amides is 4. The van der Waals surface area contributed by atoms with Crippen molar-refractivity contribution >= 4 is 35.0 Å². The highest BCUT2D eigenvalue weighted by Crippen LogP contribution is 2.28. The molecule has 0 N–H and O–H groups in total. The van der Waals surface area contributed by atoms with Crippen LogP contribution in [0.15, 0.2) is 72.8 Å². The number of aryl methyl sites for hydroxylation is 2. The molecule has 0 radical (unpaired) electrons. The Kier molecular flexibility index (Phi) is 4.45. The van der Waals surface area contributed by atoms with Crippen LogP contribution < -0.4 is 9.80 Å². The monoisotopic (exact) mass is 372 g/mol. The third-order valence-electron chi connectivity index (χ3n) is 4.75. The number of anilines is 2. The maximum atomic E-state index is 12.0. The van der Waals surface area contributed by atoms with Gasteiger partial charge in [-0.05, 0) is 36.1 Å². The van der Waals surface area contributed by atoms with Gasteiger partial charge in [0.2, 0.25) is 0 Å².